The van der Waals surface area contributed by atoms with Crippen LogP contribution in [0.15, 0.2) is 54.6 Å². The summed E-state index contributed by atoms with van der Waals surface area (Å²) in [5.41, 5.74) is 0.682. The summed E-state index contributed by atoms with van der Waals surface area (Å²) in [5.74, 6) is 5.29. The molecule has 1 unspecified atom stereocenters. The largest absolute Gasteiger partial charge is 0.416 e. The second-order valence-corrected chi connectivity index (χ2v) is 6.75. The van der Waals surface area contributed by atoms with Gasteiger partial charge in [0.15, 0.2) is 0 Å². The summed E-state index contributed by atoms with van der Waals surface area (Å²) in [4.78, 5) is 14.0. The Kier molecular flexibility index (Phi) is 8.10. The van der Waals surface area contributed by atoms with Crippen LogP contribution in [0.5, 0.6) is 0 Å². The van der Waals surface area contributed by atoms with Crippen molar-refractivity contribution in [2.24, 2.45) is 0 Å². The standard InChI is InChI=1S/C22H24F3N3O/c1-28(2)20(15-18-8-4-3-5-9-18)16-27-21(29)26-13-7-11-17-10-6-12-19(14-17)22(23,24)25/h3-6,8-10,12,14,20H,13,15-16H2,1-2H3,(H2,26,27,29). The molecule has 0 aliphatic rings. The van der Waals surface area contributed by atoms with E-state index in [-0.39, 0.29) is 24.2 Å². The Labute approximate surface area is 169 Å². The number of benzene rings is 2. The highest BCUT2D eigenvalue weighted by Gasteiger charge is 2.30. The van der Waals surface area contributed by atoms with Gasteiger partial charge < -0.3 is 15.5 Å². The van der Waals surface area contributed by atoms with E-state index >= 15 is 0 Å². The van der Waals surface area contributed by atoms with Gasteiger partial charge in [0.25, 0.3) is 0 Å². The number of alkyl halides is 3. The van der Waals surface area contributed by atoms with Crippen LogP contribution in [0.1, 0.15) is 16.7 Å². The third-order valence-electron chi connectivity index (χ3n) is 4.30. The molecule has 4 nitrogen and oxygen atoms in total. The molecule has 0 saturated heterocycles. The van der Waals surface area contributed by atoms with E-state index in [1.165, 1.54) is 17.7 Å². The van der Waals surface area contributed by atoms with Crippen LogP contribution in [-0.2, 0) is 12.6 Å². The van der Waals surface area contributed by atoms with E-state index in [1.807, 2.05) is 49.3 Å². The number of urea groups is 1. The van der Waals surface area contributed by atoms with Gasteiger partial charge in [0, 0.05) is 18.2 Å². The molecule has 154 valence electrons. The maximum atomic E-state index is 12.7. The molecule has 2 N–H and O–H groups in total. The molecule has 0 aliphatic heterocycles. The number of nitrogens with one attached hydrogen (secondary N) is 2. The fourth-order valence-corrected chi connectivity index (χ4v) is 2.64. The monoisotopic (exact) mass is 403 g/mol. The lowest BCUT2D eigenvalue weighted by atomic mass is 10.1. The molecular weight excluding hydrogens is 379 g/mol. The SMILES string of the molecule is CN(C)C(CNC(=O)NCC#Cc1cccc(C(F)(F)F)c1)Cc1ccccc1. The molecule has 0 heterocycles. The van der Waals surface area contributed by atoms with Gasteiger partial charge in [0.2, 0.25) is 0 Å². The smallest absolute Gasteiger partial charge is 0.337 e. The van der Waals surface area contributed by atoms with Crippen LogP contribution in [0.25, 0.3) is 0 Å². The first-order valence-electron chi connectivity index (χ1n) is 9.14. The Morgan fingerprint density at radius 3 is 2.45 bits per heavy atom. The molecule has 2 amide bonds. The van der Waals surface area contributed by atoms with Crippen LogP contribution in [0, 0.1) is 11.8 Å². The van der Waals surface area contributed by atoms with Gasteiger partial charge in [-0.15, -0.1) is 0 Å². The van der Waals surface area contributed by atoms with Crippen LogP contribution in [0.3, 0.4) is 0 Å². The lowest BCUT2D eigenvalue weighted by Crippen LogP contribution is -2.45. The van der Waals surface area contributed by atoms with Crippen molar-refractivity contribution in [2.45, 2.75) is 18.6 Å². The summed E-state index contributed by atoms with van der Waals surface area (Å²) in [5, 5.41) is 5.40. The minimum absolute atomic E-state index is 0.0351. The first kappa shape index (κ1) is 22.3. The van der Waals surface area contributed by atoms with E-state index in [0.717, 1.165) is 18.6 Å². The van der Waals surface area contributed by atoms with Crippen molar-refractivity contribution < 1.29 is 18.0 Å². The van der Waals surface area contributed by atoms with Gasteiger partial charge in [-0.2, -0.15) is 13.2 Å². The quantitative estimate of drug-likeness (QED) is 0.725. The summed E-state index contributed by atoms with van der Waals surface area (Å²) in [6, 6.07) is 14.5. The number of nitrogens with zero attached hydrogens (tertiary/aromatic N) is 1. The summed E-state index contributed by atoms with van der Waals surface area (Å²) in [6.07, 6.45) is -3.61. The van der Waals surface area contributed by atoms with Crippen LogP contribution < -0.4 is 10.6 Å². The lowest BCUT2D eigenvalue weighted by Gasteiger charge is -2.24. The second-order valence-electron chi connectivity index (χ2n) is 6.75. The number of likely N-dealkylation sites (N-methyl/N-ethyl adjacent to an activating group) is 1. The molecule has 29 heavy (non-hydrogen) atoms. The molecule has 2 rings (SSSR count). The number of amides is 2. The number of hydrogen-bond acceptors (Lipinski definition) is 2. The molecule has 2 aromatic carbocycles. The highest BCUT2D eigenvalue weighted by atomic mass is 19.4. The van der Waals surface area contributed by atoms with Crippen molar-refractivity contribution in [1.29, 1.82) is 0 Å². The van der Waals surface area contributed by atoms with Gasteiger partial charge in [-0.1, -0.05) is 48.2 Å². The molecule has 0 saturated carbocycles. The van der Waals surface area contributed by atoms with Gasteiger partial charge >= 0.3 is 12.2 Å². The van der Waals surface area contributed by atoms with E-state index in [0.29, 0.717) is 6.54 Å². The number of rotatable bonds is 6. The van der Waals surface area contributed by atoms with Crippen molar-refractivity contribution >= 4 is 6.03 Å². The Bertz CT molecular complexity index is 855. The van der Waals surface area contributed by atoms with E-state index in [9.17, 15) is 18.0 Å². The Balaban J connectivity index is 1.80. The molecule has 0 spiro atoms. The third-order valence-corrected chi connectivity index (χ3v) is 4.30. The topological polar surface area (TPSA) is 44.4 Å². The highest BCUT2D eigenvalue weighted by molar-refractivity contribution is 5.74. The molecule has 1 atom stereocenters. The van der Waals surface area contributed by atoms with Gasteiger partial charge in [-0.3, -0.25) is 0 Å². The van der Waals surface area contributed by atoms with Crippen LogP contribution in [0.4, 0.5) is 18.0 Å². The molecule has 0 fully saturated rings. The van der Waals surface area contributed by atoms with Gasteiger partial charge in [-0.05, 0) is 44.3 Å². The van der Waals surface area contributed by atoms with E-state index < -0.39 is 11.7 Å². The highest BCUT2D eigenvalue weighted by Crippen LogP contribution is 2.29. The minimum Gasteiger partial charge on any atom is -0.337 e. The fraction of sp³-hybridized carbons (Fsp3) is 0.318. The number of carbonyl (C=O) groups is 1. The van der Waals surface area contributed by atoms with Gasteiger partial charge in [0.1, 0.15) is 0 Å². The van der Waals surface area contributed by atoms with Crippen molar-refractivity contribution in [3.8, 4) is 11.8 Å². The van der Waals surface area contributed by atoms with E-state index in [4.69, 9.17) is 0 Å². The zero-order valence-electron chi connectivity index (χ0n) is 16.4. The van der Waals surface area contributed by atoms with Crippen LogP contribution in [-0.4, -0.2) is 44.2 Å². The molecule has 7 heteroatoms. The average molecular weight is 403 g/mol. The summed E-state index contributed by atoms with van der Waals surface area (Å²) >= 11 is 0. The Morgan fingerprint density at radius 2 is 1.79 bits per heavy atom. The predicted molar refractivity (Wildman–Crippen MR) is 107 cm³/mol. The minimum atomic E-state index is -4.40. The Hall–Kier alpha value is -2.98. The van der Waals surface area contributed by atoms with E-state index in [2.05, 4.69) is 22.5 Å². The third kappa shape index (κ3) is 7.88. The number of carbonyl (C=O) groups excluding carboxylic acids is 1. The zero-order valence-corrected chi connectivity index (χ0v) is 16.4. The van der Waals surface area contributed by atoms with Gasteiger partial charge in [-0.25, -0.2) is 4.79 Å². The zero-order chi connectivity index (χ0) is 21.3. The Morgan fingerprint density at radius 1 is 1.07 bits per heavy atom. The summed E-state index contributed by atoms with van der Waals surface area (Å²) in [6.45, 7) is 0.488. The normalized spacial score (nSPS) is 12.1. The fourth-order valence-electron chi connectivity index (χ4n) is 2.64. The van der Waals surface area contributed by atoms with Crippen molar-refractivity contribution in [3.63, 3.8) is 0 Å². The molecule has 0 aromatic heterocycles. The number of halogens is 3. The van der Waals surface area contributed by atoms with Crippen molar-refractivity contribution in [1.82, 2.24) is 15.5 Å². The first-order chi connectivity index (χ1) is 13.8. The average Bonchev–Trinajstić information content (AvgIpc) is 2.68. The first-order valence-corrected chi connectivity index (χ1v) is 9.14. The summed E-state index contributed by atoms with van der Waals surface area (Å²) in [7, 11) is 3.90. The lowest BCUT2D eigenvalue weighted by molar-refractivity contribution is -0.137. The molecule has 0 aliphatic carbocycles. The number of hydrogen-bond donors (Lipinski definition) is 2. The van der Waals surface area contributed by atoms with Crippen molar-refractivity contribution in [2.75, 3.05) is 27.2 Å². The van der Waals surface area contributed by atoms with Gasteiger partial charge in [0.05, 0.1) is 12.1 Å². The predicted octanol–water partition coefficient (Wildman–Crippen LogP) is 3.53. The van der Waals surface area contributed by atoms with E-state index in [1.54, 1.807) is 0 Å². The van der Waals surface area contributed by atoms with Crippen LogP contribution in [0.2, 0.25) is 0 Å². The molecule has 0 radical (unpaired) electrons. The molecular formula is C22H24F3N3O. The molecule has 2 aromatic rings. The maximum absolute atomic E-state index is 12.7. The second kappa shape index (κ2) is 10.5. The maximum Gasteiger partial charge on any atom is 0.416 e. The molecule has 0 bridgehead atoms. The van der Waals surface area contributed by atoms with Crippen LogP contribution >= 0.6 is 0 Å². The van der Waals surface area contributed by atoms with Crippen molar-refractivity contribution in [3.05, 3.63) is 71.3 Å². The summed E-state index contributed by atoms with van der Waals surface area (Å²) < 4.78 is 38.1.